The van der Waals surface area contributed by atoms with Crippen LogP contribution in [-0.2, 0) is 6.42 Å². The van der Waals surface area contributed by atoms with Gasteiger partial charge in [-0.2, -0.15) is 0 Å². The molecule has 0 amide bonds. The Kier molecular flexibility index (Phi) is 3.29. The highest BCUT2D eigenvalue weighted by molar-refractivity contribution is 5.86. The Bertz CT molecular complexity index is 410. The molecule has 1 heterocycles. The number of hydrogen-bond donors (Lipinski definition) is 1. The molecule has 0 unspecified atom stereocenters. The summed E-state index contributed by atoms with van der Waals surface area (Å²) in [6.45, 7) is 0. The highest BCUT2D eigenvalue weighted by Gasteiger charge is 2.08. The number of aromatic carboxylic acids is 1. The summed E-state index contributed by atoms with van der Waals surface area (Å²) in [7, 11) is 0. The smallest absolute Gasteiger partial charge is 0.338 e. The third kappa shape index (κ3) is 2.66. The third-order valence-electron chi connectivity index (χ3n) is 2.72. The fourth-order valence-electron chi connectivity index (χ4n) is 1.82. The fourth-order valence-corrected chi connectivity index (χ4v) is 1.82. The quantitative estimate of drug-likeness (QED) is 0.790. The van der Waals surface area contributed by atoms with Gasteiger partial charge in [-0.1, -0.05) is 11.6 Å². The molecule has 4 heteroatoms. The van der Waals surface area contributed by atoms with Crippen LogP contribution in [0.2, 0.25) is 0 Å². The van der Waals surface area contributed by atoms with Gasteiger partial charge in [0, 0.05) is 18.8 Å². The molecule has 0 spiro atoms. The van der Waals surface area contributed by atoms with Gasteiger partial charge in [0.05, 0.1) is 5.56 Å². The van der Waals surface area contributed by atoms with Gasteiger partial charge in [-0.25, -0.2) is 14.8 Å². The predicted molar refractivity (Wildman–Crippen MR) is 59.2 cm³/mol. The topological polar surface area (TPSA) is 63.1 Å². The van der Waals surface area contributed by atoms with Crippen LogP contribution in [0.5, 0.6) is 0 Å². The molecule has 2 rings (SSSR count). The van der Waals surface area contributed by atoms with E-state index in [1.54, 1.807) is 0 Å². The fraction of sp³-hybridized carbons (Fsp3) is 0.417. The number of rotatable bonds is 3. The lowest BCUT2D eigenvalue weighted by Gasteiger charge is -2.11. The van der Waals surface area contributed by atoms with Crippen molar-refractivity contribution in [2.45, 2.75) is 32.1 Å². The molecule has 0 saturated heterocycles. The zero-order chi connectivity index (χ0) is 11.4. The van der Waals surface area contributed by atoms with Gasteiger partial charge in [0.15, 0.2) is 0 Å². The van der Waals surface area contributed by atoms with Crippen LogP contribution in [0.4, 0.5) is 0 Å². The van der Waals surface area contributed by atoms with E-state index in [0.717, 1.165) is 19.3 Å². The molecule has 16 heavy (non-hydrogen) atoms. The molecule has 0 radical (unpaired) electrons. The number of carbonyl (C=O) groups is 1. The van der Waals surface area contributed by atoms with E-state index in [1.165, 1.54) is 30.8 Å². The van der Waals surface area contributed by atoms with E-state index >= 15 is 0 Å². The van der Waals surface area contributed by atoms with Crippen LogP contribution < -0.4 is 0 Å². The lowest BCUT2D eigenvalue weighted by atomic mass is 9.97. The Hall–Kier alpha value is -1.71. The van der Waals surface area contributed by atoms with Gasteiger partial charge in [0.25, 0.3) is 0 Å². The molecular formula is C12H14N2O2. The van der Waals surface area contributed by atoms with E-state index in [1.807, 2.05) is 0 Å². The average Bonchev–Trinajstić information content (AvgIpc) is 2.31. The first kappa shape index (κ1) is 10.8. The van der Waals surface area contributed by atoms with Crippen molar-refractivity contribution in [2.24, 2.45) is 0 Å². The summed E-state index contributed by atoms with van der Waals surface area (Å²) in [5.41, 5.74) is 1.51. The number of carboxylic acid groups (broad SMARTS) is 1. The monoisotopic (exact) mass is 218 g/mol. The molecule has 4 nitrogen and oxygen atoms in total. The summed E-state index contributed by atoms with van der Waals surface area (Å²) in [6.07, 6.45) is 10.5. The normalized spacial score (nSPS) is 15.6. The van der Waals surface area contributed by atoms with Crippen LogP contribution >= 0.6 is 0 Å². The second kappa shape index (κ2) is 4.88. The summed E-state index contributed by atoms with van der Waals surface area (Å²) < 4.78 is 0. The number of hydrogen-bond acceptors (Lipinski definition) is 3. The van der Waals surface area contributed by atoms with Crippen LogP contribution in [0.1, 0.15) is 41.9 Å². The van der Waals surface area contributed by atoms with Crippen molar-refractivity contribution in [3.05, 3.63) is 35.4 Å². The lowest BCUT2D eigenvalue weighted by molar-refractivity contribution is 0.0696. The summed E-state index contributed by atoms with van der Waals surface area (Å²) in [5, 5.41) is 8.71. The number of aromatic nitrogens is 2. The summed E-state index contributed by atoms with van der Waals surface area (Å²) in [6, 6.07) is 0. The van der Waals surface area contributed by atoms with E-state index in [9.17, 15) is 4.79 Å². The SMILES string of the molecule is O=C(O)c1cnc(CC2=CCCCC2)nc1. The molecule has 0 saturated carbocycles. The van der Waals surface area contributed by atoms with Crippen molar-refractivity contribution in [1.82, 2.24) is 9.97 Å². The van der Waals surface area contributed by atoms with Crippen LogP contribution in [0.15, 0.2) is 24.0 Å². The van der Waals surface area contributed by atoms with Crippen molar-refractivity contribution < 1.29 is 9.90 Å². The minimum Gasteiger partial charge on any atom is -0.478 e. The van der Waals surface area contributed by atoms with Gasteiger partial charge in [-0.15, -0.1) is 0 Å². The molecular weight excluding hydrogens is 204 g/mol. The van der Waals surface area contributed by atoms with Crippen molar-refractivity contribution in [3.8, 4) is 0 Å². The Morgan fingerprint density at radius 1 is 1.31 bits per heavy atom. The summed E-state index contributed by atoms with van der Waals surface area (Å²) >= 11 is 0. The summed E-state index contributed by atoms with van der Waals surface area (Å²) in [5.74, 6) is -0.276. The average molecular weight is 218 g/mol. The Balaban J connectivity index is 2.04. The third-order valence-corrected chi connectivity index (χ3v) is 2.72. The van der Waals surface area contributed by atoms with Crippen LogP contribution in [-0.4, -0.2) is 21.0 Å². The summed E-state index contributed by atoms with van der Waals surface area (Å²) in [4.78, 5) is 18.7. The van der Waals surface area contributed by atoms with Gasteiger partial charge < -0.3 is 5.11 Å². The zero-order valence-corrected chi connectivity index (χ0v) is 9.02. The molecule has 1 aliphatic rings. The van der Waals surface area contributed by atoms with Crippen molar-refractivity contribution >= 4 is 5.97 Å². The second-order valence-corrected chi connectivity index (χ2v) is 3.98. The van der Waals surface area contributed by atoms with Gasteiger partial charge in [0.1, 0.15) is 5.82 Å². The predicted octanol–water partition coefficient (Wildman–Crippen LogP) is 2.22. The van der Waals surface area contributed by atoms with E-state index < -0.39 is 5.97 Å². The molecule has 0 aliphatic heterocycles. The van der Waals surface area contributed by atoms with Gasteiger partial charge in [0.2, 0.25) is 0 Å². The number of carboxylic acids is 1. The molecule has 1 aromatic rings. The van der Waals surface area contributed by atoms with E-state index in [2.05, 4.69) is 16.0 Å². The lowest BCUT2D eigenvalue weighted by Crippen LogP contribution is -2.04. The van der Waals surface area contributed by atoms with Crippen molar-refractivity contribution in [1.29, 1.82) is 0 Å². The minimum absolute atomic E-state index is 0.140. The highest BCUT2D eigenvalue weighted by atomic mass is 16.4. The van der Waals surface area contributed by atoms with Crippen LogP contribution in [0.25, 0.3) is 0 Å². The number of allylic oxidation sites excluding steroid dienone is 2. The Labute approximate surface area is 94.1 Å². The van der Waals surface area contributed by atoms with E-state index in [0.29, 0.717) is 5.82 Å². The largest absolute Gasteiger partial charge is 0.478 e. The van der Waals surface area contributed by atoms with Gasteiger partial charge >= 0.3 is 5.97 Å². The maximum absolute atomic E-state index is 10.6. The van der Waals surface area contributed by atoms with Crippen molar-refractivity contribution in [2.75, 3.05) is 0 Å². The first-order valence-electron chi connectivity index (χ1n) is 5.48. The molecule has 0 aromatic carbocycles. The molecule has 1 aromatic heterocycles. The van der Waals surface area contributed by atoms with Crippen molar-refractivity contribution in [3.63, 3.8) is 0 Å². The van der Waals surface area contributed by atoms with E-state index in [4.69, 9.17) is 5.11 Å². The first-order chi connectivity index (χ1) is 7.75. The number of nitrogens with zero attached hydrogens (tertiary/aromatic N) is 2. The van der Waals surface area contributed by atoms with E-state index in [-0.39, 0.29) is 5.56 Å². The highest BCUT2D eigenvalue weighted by Crippen LogP contribution is 2.19. The maximum atomic E-state index is 10.6. The van der Waals surface area contributed by atoms with Gasteiger partial charge in [-0.3, -0.25) is 0 Å². The molecule has 1 N–H and O–H groups in total. The van der Waals surface area contributed by atoms with Gasteiger partial charge in [-0.05, 0) is 25.7 Å². The van der Waals surface area contributed by atoms with Crippen LogP contribution in [0.3, 0.4) is 0 Å². The molecule has 0 atom stereocenters. The maximum Gasteiger partial charge on any atom is 0.338 e. The van der Waals surface area contributed by atoms with Crippen LogP contribution in [0, 0.1) is 0 Å². The second-order valence-electron chi connectivity index (χ2n) is 3.98. The Morgan fingerprint density at radius 3 is 2.62 bits per heavy atom. The Morgan fingerprint density at radius 2 is 2.06 bits per heavy atom. The molecule has 1 aliphatic carbocycles. The minimum atomic E-state index is -0.983. The zero-order valence-electron chi connectivity index (χ0n) is 9.02. The molecule has 84 valence electrons. The molecule has 0 fully saturated rings. The standard InChI is InChI=1S/C12H14N2O2/c15-12(16)10-7-13-11(14-8-10)6-9-4-2-1-3-5-9/h4,7-8H,1-3,5-6H2,(H,15,16). The first-order valence-corrected chi connectivity index (χ1v) is 5.48. The molecule has 0 bridgehead atoms.